The molecule has 1 fully saturated rings. The number of carbonyl (C=O) groups excluding carboxylic acids is 1. The van der Waals surface area contributed by atoms with Crippen LogP contribution in [0.25, 0.3) is 0 Å². The van der Waals surface area contributed by atoms with Crippen LogP contribution in [0.5, 0.6) is 0 Å². The molecule has 0 aromatic carbocycles. The van der Waals surface area contributed by atoms with Crippen molar-refractivity contribution in [3.63, 3.8) is 0 Å². The van der Waals surface area contributed by atoms with E-state index < -0.39 is 0 Å². The molecule has 1 saturated heterocycles. The number of nitrogens with one attached hydrogen (secondary N) is 1. The standard InChI is InChI=1S/C20H26N4O2/c1-14-7-4-5-9-23(14)13-19(25)22-20-18(11-21)15(2)16(3)24(20)12-17-8-6-10-26-17/h6,8,10,14H,4-5,7,9,12-13H2,1-3H3,(H,22,25)/t14-/m0/s1. The highest BCUT2D eigenvalue weighted by molar-refractivity contribution is 5.93. The number of hydrogen-bond donors (Lipinski definition) is 1. The van der Waals surface area contributed by atoms with Crippen LogP contribution in [0, 0.1) is 25.2 Å². The van der Waals surface area contributed by atoms with Gasteiger partial charge in [-0.15, -0.1) is 0 Å². The van der Waals surface area contributed by atoms with E-state index in [9.17, 15) is 10.1 Å². The number of anilines is 1. The van der Waals surface area contributed by atoms with Gasteiger partial charge in [-0.2, -0.15) is 5.26 Å². The number of piperidine rings is 1. The number of furan rings is 1. The van der Waals surface area contributed by atoms with Crippen molar-refractivity contribution in [1.82, 2.24) is 9.47 Å². The molecular weight excluding hydrogens is 328 g/mol. The molecule has 0 unspecified atom stereocenters. The summed E-state index contributed by atoms with van der Waals surface area (Å²) in [5, 5.41) is 12.6. The van der Waals surface area contributed by atoms with E-state index in [-0.39, 0.29) is 5.91 Å². The first kappa shape index (κ1) is 18.3. The lowest BCUT2D eigenvalue weighted by Gasteiger charge is -2.32. The van der Waals surface area contributed by atoms with Gasteiger partial charge >= 0.3 is 0 Å². The van der Waals surface area contributed by atoms with Crippen molar-refractivity contribution in [3.8, 4) is 6.07 Å². The quantitative estimate of drug-likeness (QED) is 0.893. The zero-order valence-electron chi connectivity index (χ0n) is 15.7. The maximum atomic E-state index is 12.7. The Kier molecular flexibility index (Phi) is 5.48. The Morgan fingerprint density at radius 1 is 1.42 bits per heavy atom. The summed E-state index contributed by atoms with van der Waals surface area (Å²) in [5.74, 6) is 1.27. The Morgan fingerprint density at radius 3 is 2.88 bits per heavy atom. The average molecular weight is 354 g/mol. The molecule has 1 aliphatic rings. The third-order valence-corrected chi connectivity index (χ3v) is 5.38. The van der Waals surface area contributed by atoms with Gasteiger partial charge in [0.15, 0.2) is 0 Å². The summed E-state index contributed by atoms with van der Waals surface area (Å²) < 4.78 is 7.39. The van der Waals surface area contributed by atoms with Crippen LogP contribution in [0.15, 0.2) is 22.8 Å². The molecule has 0 bridgehead atoms. The summed E-state index contributed by atoms with van der Waals surface area (Å²) in [4.78, 5) is 14.9. The lowest BCUT2D eigenvalue weighted by atomic mass is 10.0. The molecule has 0 spiro atoms. The fraction of sp³-hybridized carbons (Fsp3) is 0.500. The summed E-state index contributed by atoms with van der Waals surface area (Å²) in [6.07, 6.45) is 5.11. The first-order valence-corrected chi connectivity index (χ1v) is 9.17. The van der Waals surface area contributed by atoms with E-state index in [2.05, 4.69) is 23.2 Å². The van der Waals surface area contributed by atoms with Gasteiger partial charge in [-0.05, 0) is 57.9 Å². The van der Waals surface area contributed by atoms with Gasteiger partial charge in [0.25, 0.3) is 0 Å². The number of aromatic nitrogens is 1. The smallest absolute Gasteiger partial charge is 0.239 e. The number of rotatable bonds is 5. The third kappa shape index (κ3) is 3.68. The van der Waals surface area contributed by atoms with Gasteiger partial charge in [0.05, 0.1) is 24.9 Å². The van der Waals surface area contributed by atoms with Crippen LogP contribution in [0.1, 0.15) is 48.8 Å². The van der Waals surface area contributed by atoms with Crippen LogP contribution >= 0.6 is 0 Å². The van der Waals surface area contributed by atoms with Crippen LogP contribution in [-0.2, 0) is 11.3 Å². The molecule has 0 radical (unpaired) electrons. The molecule has 2 aromatic rings. The van der Waals surface area contributed by atoms with Crippen molar-refractivity contribution in [2.24, 2.45) is 0 Å². The summed E-state index contributed by atoms with van der Waals surface area (Å²) in [5.41, 5.74) is 2.37. The second-order valence-corrected chi connectivity index (χ2v) is 7.07. The molecule has 6 heteroatoms. The highest BCUT2D eigenvalue weighted by Crippen LogP contribution is 2.27. The molecule has 2 aromatic heterocycles. The summed E-state index contributed by atoms with van der Waals surface area (Å²) in [6, 6.07) is 6.39. The van der Waals surface area contributed by atoms with Crippen LogP contribution in [-0.4, -0.2) is 34.5 Å². The van der Waals surface area contributed by atoms with Gasteiger partial charge in [-0.25, -0.2) is 0 Å². The Hall–Kier alpha value is -2.52. The minimum absolute atomic E-state index is 0.0755. The van der Waals surface area contributed by atoms with Crippen molar-refractivity contribution < 1.29 is 9.21 Å². The molecule has 0 saturated carbocycles. The lowest BCUT2D eigenvalue weighted by Crippen LogP contribution is -2.42. The number of nitrogens with zero attached hydrogens (tertiary/aromatic N) is 3. The predicted molar refractivity (Wildman–Crippen MR) is 99.9 cm³/mol. The molecule has 1 amide bonds. The molecule has 1 atom stereocenters. The molecule has 3 heterocycles. The number of hydrogen-bond acceptors (Lipinski definition) is 4. The topological polar surface area (TPSA) is 74.2 Å². The third-order valence-electron chi connectivity index (χ3n) is 5.38. The average Bonchev–Trinajstić information content (AvgIpc) is 3.20. The van der Waals surface area contributed by atoms with Crippen LogP contribution < -0.4 is 5.32 Å². The zero-order valence-corrected chi connectivity index (χ0v) is 15.7. The van der Waals surface area contributed by atoms with Crippen molar-refractivity contribution in [1.29, 1.82) is 5.26 Å². The molecule has 1 N–H and O–H groups in total. The Morgan fingerprint density at radius 2 is 2.23 bits per heavy atom. The van der Waals surface area contributed by atoms with Gasteiger partial charge in [-0.1, -0.05) is 6.42 Å². The minimum Gasteiger partial charge on any atom is -0.467 e. The van der Waals surface area contributed by atoms with E-state index >= 15 is 0 Å². The van der Waals surface area contributed by atoms with Gasteiger partial charge in [0.1, 0.15) is 17.6 Å². The summed E-state index contributed by atoms with van der Waals surface area (Å²) >= 11 is 0. The first-order chi connectivity index (χ1) is 12.5. The summed E-state index contributed by atoms with van der Waals surface area (Å²) in [7, 11) is 0. The van der Waals surface area contributed by atoms with Gasteiger partial charge in [0.2, 0.25) is 5.91 Å². The minimum atomic E-state index is -0.0755. The van der Waals surface area contributed by atoms with Crippen molar-refractivity contribution in [3.05, 3.63) is 41.0 Å². The highest BCUT2D eigenvalue weighted by atomic mass is 16.3. The second kappa shape index (κ2) is 7.79. The van der Waals surface area contributed by atoms with Gasteiger partial charge in [-0.3, -0.25) is 9.69 Å². The van der Waals surface area contributed by atoms with Crippen LogP contribution in [0.3, 0.4) is 0 Å². The fourth-order valence-corrected chi connectivity index (χ4v) is 3.63. The second-order valence-electron chi connectivity index (χ2n) is 7.07. The molecule has 138 valence electrons. The molecule has 3 rings (SSSR count). The number of amides is 1. The lowest BCUT2D eigenvalue weighted by molar-refractivity contribution is -0.118. The Bertz CT molecular complexity index is 814. The van der Waals surface area contributed by atoms with E-state index in [1.165, 1.54) is 6.42 Å². The van der Waals surface area contributed by atoms with Crippen molar-refractivity contribution in [2.75, 3.05) is 18.4 Å². The van der Waals surface area contributed by atoms with E-state index in [4.69, 9.17) is 4.42 Å². The molecule has 1 aliphatic heterocycles. The van der Waals surface area contributed by atoms with Gasteiger partial charge in [0, 0.05) is 11.7 Å². The maximum absolute atomic E-state index is 12.7. The molecule has 26 heavy (non-hydrogen) atoms. The van der Waals surface area contributed by atoms with Gasteiger partial charge < -0.3 is 14.3 Å². The van der Waals surface area contributed by atoms with E-state index in [0.29, 0.717) is 30.5 Å². The largest absolute Gasteiger partial charge is 0.467 e. The normalized spacial score (nSPS) is 17.8. The zero-order chi connectivity index (χ0) is 18.7. The predicted octanol–water partition coefficient (Wildman–Crippen LogP) is 3.43. The first-order valence-electron chi connectivity index (χ1n) is 9.17. The SMILES string of the molecule is Cc1c(C#N)c(NC(=O)CN2CCCC[C@@H]2C)n(Cc2ccco2)c1C. The van der Waals surface area contributed by atoms with E-state index in [1.54, 1.807) is 6.26 Å². The van der Waals surface area contributed by atoms with Crippen molar-refractivity contribution in [2.45, 2.75) is 52.6 Å². The maximum Gasteiger partial charge on any atom is 0.239 e. The molecule has 6 nitrogen and oxygen atoms in total. The molecule has 0 aliphatic carbocycles. The Labute approximate surface area is 154 Å². The van der Waals surface area contributed by atoms with E-state index in [1.807, 2.05) is 30.5 Å². The van der Waals surface area contributed by atoms with Crippen molar-refractivity contribution >= 4 is 11.7 Å². The monoisotopic (exact) mass is 354 g/mol. The number of likely N-dealkylation sites (tertiary alicyclic amines) is 1. The molecular formula is C20H26N4O2. The highest BCUT2D eigenvalue weighted by Gasteiger charge is 2.24. The number of nitriles is 1. The fourth-order valence-electron chi connectivity index (χ4n) is 3.63. The van der Waals surface area contributed by atoms with E-state index in [0.717, 1.165) is 36.4 Å². The summed E-state index contributed by atoms with van der Waals surface area (Å²) in [6.45, 7) is 7.83. The Balaban J connectivity index is 1.82. The van der Waals surface area contributed by atoms with Crippen LogP contribution in [0.4, 0.5) is 5.82 Å². The van der Waals surface area contributed by atoms with Crippen LogP contribution in [0.2, 0.25) is 0 Å². The number of carbonyl (C=O) groups is 1.